The number of carboxylic acids is 1. The number of carbonyl (C=O) groups excluding carboxylic acids is 1. The van der Waals surface area contributed by atoms with Gasteiger partial charge in [0.05, 0.1) is 12.6 Å². The number of aromatic carboxylic acids is 1. The van der Waals surface area contributed by atoms with E-state index in [1.165, 1.54) is 0 Å². The van der Waals surface area contributed by atoms with E-state index in [0.717, 1.165) is 18.9 Å². The van der Waals surface area contributed by atoms with Gasteiger partial charge in [0.25, 0.3) is 5.91 Å². The van der Waals surface area contributed by atoms with E-state index in [9.17, 15) is 9.59 Å². The predicted octanol–water partition coefficient (Wildman–Crippen LogP) is 0.282. The highest BCUT2D eigenvalue weighted by Gasteiger charge is 2.21. The Bertz CT molecular complexity index is 422. The Morgan fingerprint density at radius 1 is 1.53 bits per heavy atom. The van der Waals surface area contributed by atoms with Gasteiger partial charge in [0.2, 0.25) is 5.76 Å². The van der Waals surface area contributed by atoms with E-state index in [1.54, 1.807) is 0 Å². The second kappa shape index (κ2) is 4.96. The maximum Gasteiger partial charge on any atom is 0.374 e. The minimum atomic E-state index is -1.25. The molecule has 1 aromatic rings. The monoisotopic (exact) mass is 240 g/mol. The van der Waals surface area contributed by atoms with Crippen LogP contribution >= 0.6 is 0 Å². The minimum absolute atomic E-state index is 0.0343. The first kappa shape index (κ1) is 11.6. The van der Waals surface area contributed by atoms with E-state index in [-0.39, 0.29) is 17.5 Å². The predicted molar refractivity (Wildman–Crippen MR) is 54.8 cm³/mol. The molecule has 7 nitrogen and oxygen atoms in total. The highest BCUT2D eigenvalue weighted by molar-refractivity contribution is 5.94. The number of nitrogens with one attached hydrogen (secondary N) is 1. The molecule has 1 aromatic heterocycles. The van der Waals surface area contributed by atoms with Gasteiger partial charge in [-0.1, -0.05) is 5.16 Å². The molecule has 1 unspecified atom stereocenters. The fraction of sp³-hybridized carbons (Fsp3) is 0.500. The van der Waals surface area contributed by atoms with Gasteiger partial charge in [-0.05, 0) is 12.8 Å². The van der Waals surface area contributed by atoms with Crippen molar-refractivity contribution < 1.29 is 24.0 Å². The summed E-state index contributed by atoms with van der Waals surface area (Å²) < 4.78 is 9.70. The van der Waals surface area contributed by atoms with Crippen molar-refractivity contribution >= 4 is 11.9 Å². The number of rotatable bonds is 3. The molecule has 92 valence electrons. The quantitative estimate of drug-likeness (QED) is 0.786. The molecule has 1 fully saturated rings. The van der Waals surface area contributed by atoms with Gasteiger partial charge in [-0.2, -0.15) is 0 Å². The van der Waals surface area contributed by atoms with Crippen LogP contribution in [-0.4, -0.2) is 41.4 Å². The van der Waals surface area contributed by atoms with Crippen molar-refractivity contribution in [3.63, 3.8) is 0 Å². The molecule has 0 aromatic carbocycles. The maximum atomic E-state index is 11.7. The van der Waals surface area contributed by atoms with Gasteiger partial charge in [-0.3, -0.25) is 4.79 Å². The van der Waals surface area contributed by atoms with Crippen LogP contribution in [0.5, 0.6) is 0 Å². The second-order valence-electron chi connectivity index (χ2n) is 3.77. The number of ether oxygens (including phenoxy) is 1. The molecule has 1 atom stereocenters. The zero-order chi connectivity index (χ0) is 12.3. The van der Waals surface area contributed by atoms with Crippen molar-refractivity contribution in [2.45, 2.75) is 18.9 Å². The molecule has 0 saturated carbocycles. The Morgan fingerprint density at radius 2 is 2.35 bits per heavy atom. The molecule has 7 heteroatoms. The topological polar surface area (TPSA) is 102 Å². The van der Waals surface area contributed by atoms with Crippen LogP contribution in [0.25, 0.3) is 0 Å². The maximum absolute atomic E-state index is 11.7. The van der Waals surface area contributed by atoms with Gasteiger partial charge in [-0.25, -0.2) is 4.79 Å². The number of amides is 1. The Hall–Kier alpha value is -1.89. The summed E-state index contributed by atoms with van der Waals surface area (Å²) in [5.41, 5.74) is -0.0343. The number of carbonyl (C=O) groups is 2. The van der Waals surface area contributed by atoms with Gasteiger partial charge in [0, 0.05) is 12.7 Å². The zero-order valence-corrected chi connectivity index (χ0v) is 9.01. The van der Waals surface area contributed by atoms with E-state index < -0.39 is 11.9 Å². The average Bonchev–Trinajstić information content (AvgIpc) is 2.79. The van der Waals surface area contributed by atoms with E-state index >= 15 is 0 Å². The standard InChI is InChI=1S/C10H12N2O5/c13-9(11-6-2-1-3-16-5-6)7-4-8(10(14)15)17-12-7/h4,6H,1-3,5H2,(H,11,13)(H,14,15). The minimum Gasteiger partial charge on any atom is -0.475 e. The van der Waals surface area contributed by atoms with Crippen molar-refractivity contribution in [1.29, 1.82) is 0 Å². The molecular formula is C10H12N2O5. The van der Waals surface area contributed by atoms with Gasteiger partial charge in [-0.15, -0.1) is 0 Å². The number of hydrogen-bond acceptors (Lipinski definition) is 5. The normalized spacial score (nSPS) is 19.9. The first-order chi connectivity index (χ1) is 8.16. The molecule has 2 N–H and O–H groups in total. The third-order valence-corrected chi connectivity index (χ3v) is 2.45. The van der Waals surface area contributed by atoms with Gasteiger partial charge >= 0.3 is 5.97 Å². The summed E-state index contributed by atoms with van der Waals surface area (Å²) in [6.07, 6.45) is 1.74. The van der Waals surface area contributed by atoms with Crippen LogP contribution in [-0.2, 0) is 4.74 Å². The fourth-order valence-electron chi connectivity index (χ4n) is 1.60. The summed E-state index contributed by atoms with van der Waals surface area (Å²) in [6, 6.07) is 1.04. The largest absolute Gasteiger partial charge is 0.475 e. The Morgan fingerprint density at radius 3 is 2.94 bits per heavy atom. The average molecular weight is 240 g/mol. The fourth-order valence-corrected chi connectivity index (χ4v) is 1.60. The molecule has 0 aliphatic carbocycles. The highest BCUT2D eigenvalue weighted by Crippen LogP contribution is 2.08. The van der Waals surface area contributed by atoms with Gasteiger partial charge in [0.1, 0.15) is 0 Å². The summed E-state index contributed by atoms with van der Waals surface area (Å²) in [5, 5.41) is 14.7. The first-order valence-corrected chi connectivity index (χ1v) is 5.25. The molecule has 17 heavy (non-hydrogen) atoms. The number of carboxylic acid groups (broad SMARTS) is 1. The molecule has 1 aliphatic rings. The van der Waals surface area contributed by atoms with Gasteiger partial charge < -0.3 is 19.7 Å². The second-order valence-corrected chi connectivity index (χ2v) is 3.77. The highest BCUT2D eigenvalue weighted by atomic mass is 16.5. The van der Waals surface area contributed by atoms with Crippen molar-refractivity contribution in [3.8, 4) is 0 Å². The van der Waals surface area contributed by atoms with Crippen LogP contribution < -0.4 is 5.32 Å². The van der Waals surface area contributed by atoms with Crippen molar-refractivity contribution in [3.05, 3.63) is 17.5 Å². The van der Waals surface area contributed by atoms with Crippen molar-refractivity contribution in [2.24, 2.45) is 0 Å². The molecule has 1 saturated heterocycles. The van der Waals surface area contributed by atoms with Crippen LogP contribution in [0.3, 0.4) is 0 Å². The van der Waals surface area contributed by atoms with E-state index in [4.69, 9.17) is 9.84 Å². The number of aromatic nitrogens is 1. The lowest BCUT2D eigenvalue weighted by atomic mass is 10.1. The zero-order valence-electron chi connectivity index (χ0n) is 9.01. The molecule has 1 aliphatic heterocycles. The van der Waals surface area contributed by atoms with E-state index in [0.29, 0.717) is 13.2 Å². The van der Waals surface area contributed by atoms with Crippen LogP contribution in [0.1, 0.15) is 33.9 Å². The molecule has 1 amide bonds. The summed E-state index contributed by atoms with van der Waals surface area (Å²) in [4.78, 5) is 22.2. The molecule has 0 radical (unpaired) electrons. The van der Waals surface area contributed by atoms with Crippen LogP contribution in [0.15, 0.2) is 10.6 Å². The Kier molecular flexibility index (Phi) is 3.38. The van der Waals surface area contributed by atoms with Crippen LogP contribution in [0.4, 0.5) is 0 Å². The first-order valence-electron chi connectivity index (χ1n) is 5.25. The lowest BCUT2D eigenvalue weighted by Gasteiger charge is -2.22. The Balaban J connectivity index is 1.96. The third-order valence-electron chi connectivity index (χ3n) is 2.45. The van der Waals surface area contributed by atoms with E-state index in [1.807, 2.05) is 0 Å². The molecular weight excluding hydrogens is 228 g/mol. The smallest absolute Gasteiger partial charge is 0.374 e. The SMILES string of the molecule is O=C(NC1CCCOC1)c1cc(C(=O)O)on1. The summed E-state index contributed by atoms with van der Waals surface area (Å²) in [5.74, 6) is -2.05. The third kappa shape index (κ3) is 2.82. The summed E-state index contributed by atoms with van der Waals surface area (Å²) >= 11 is 0. The lowest BCUT2D eigenvalue weighted by molar-refractivity contribution is 0.0617. The summed E-state index contributed by atoms with van der Waals surface area (Å²) in [6.45, 7) is 1.18. The molecule has 0 spiro atoms. The van der Waals surface area contributed by atoms with Crippen LogP contribution in [0, 0.1) is 0 Å². The molecule has 2 rings (SSSR count). The Labute approximate surface area is 96.7 Å². The number of hydrogen-bond donors (Lipinski definition) is 2. The van der Waals surface area contributed by atoms with E-state index in [2.05, 4.69) is 15.0 Å². The summed E-state index contributed by atoms with van der Waals surface area (Å²) in [7, 11) is 0. The number of nitrogens with zero attached hydrogens (tertiary/aromatic N) is 1. The van der Waals surface area contributed by atoms with Crippen molar-refractivity contribution in [1.82, 2.24) is 10.5 Å². The van der Waals surface area contributed by atoms with Gasteiger partial charge in [0.15, 0.2) is 5.69 Å². The van der Waals surface area contributed by atoms with Crippen LogP contribution in [0.2, 0.25) is 0 Å². The van der Waals surface area contributed by atoms with Crippen molar-refractivity contribution in [2.75, 3.05) is 13.2 Å². The molecule has 2 heterocycles. The lowest BCUT2D eigenvalue weighted by Crippen LogP contribution is -2.40. The molecule has 0 bridgehead atoms.